The minimum atomic E-state index is -1.07. The lowest BCUT2D eigenvalue weighted by Crippen LogP contribution is -2.08. The van der Waals surface area contributed by atoms with Gasteiger partial charge >= 0.3 is 0 Å². The Kier molecular flexibility index (Phi) is 4.57. The lowest BCUT2D eigenvalue weighted by molar-refractivity contribution is -0.384. The molecule has 0 spiro atoms. The number of anilines is 1. The average molecular weight is 304 g/mol. The molecule has 0 radical (unpaired) electrons. The van der Waals surface area contributed by atoms with Crippen LogP contribution in [-0.4, -0.2) is 10.8 Å². The molecule has 0 atom stereocenters. The van der Waals surface area contributed by atoms with Crippen LogP contribution in [0.2, 0.25) is 0 Å². The van der Waals surface area contributed by atoms with E-state index in [2.05, 4.69) is 5.32 Å². The number of nitro benzene ring substituents is 1. The molecule has 0 fully saturated rings. The van der Waals surface area contributed by atoms with Crippen molar-refractivity contribution in [1.82, 2.24) is 0 Å². The first-order valence-corrected chi connectivity index (χ1v) is 6.14. The number of non-ortho nitro benzene ring substituents is 1. The zero-order valence-corrected chi connectivity index (χ0v) is 11.1. The van der Waals surface area contributed by atoms with Crippen molar-refractivity contribution in [3.05, 3.63) is 75.9 Å². The van der Waals surface area contributed by atoms with Crippen molar-refractivity contribution in [2.45, 2.75) is 0 Å². The Morgan fingerprint density at radius 2 is 1.91 bits per heavy atom. The average Bonchev–Trinajstić information content (AvgIpc) is 2.49. The summed E-state index contributed by atoms with van der Waals surface area (Å²) in [5.41, 5.74) is 0.477. The molecule has 7 heteroatoms. The van der Waals surface area contributed by atoms with E-state index in [0.717, 1.165) is 18.2 Å². The second-order valence-electron chi connectivity index (χ2n) is 4.30. The standard InChI is InChI=1S/C15H10F2N2O3/c16-13-6-5-11(9-14(13)17)18-15(20)7-4-10-2-1-3-12(8-10)19(21)22/h1-9H,(H,18,20). The molecule has 22 heavy (non-hydrogen) atoms. The summed E-state index contributed by atoms with van der Waals surface area (Å²) in [5.74, 6) is -2.65. The van der Waals surface area contributed by atoms with Crippen molar-refractivity contribution in [3.8, 4) is 0 Å². The number of rotatable bonds is 4. The molecule has 5 nitrogen and oxygen atoms in total. The fourth-order valence-corrected chi connectivity index (χ4v) is 1.67. The van der Waals surface area contributed by atoms with E-state index in [0.29, 0.717) is 5.56 Å². The van der Waals surface area contributed by atoms with Gasteiger partial charge in [-0.1, -0.05) is 12.1 Å². The van der Waals surface area contributed by atoms with E-state index in [1.807, 2.05) is 0 Å². The third-order valence-corrected chi connectivity index (χ3v) is 2.70. The molecule has 0 bridgehead atoms. The maximum absolute atomic E-state index is 13.0. The number of hydrogen-bond acceptors (Lipinski definition) is 3. The molecule has 112 valence electrons. The van der Waals surface area contributed by atoms with Gasteiger partial charge in [-0.3, -0.25) is 14.9 Å². The number of halogens is 2. The van der Waals surface area contributed by atoms with Gasteiger partial charge in [-0.15, -0.1) is 0 Å². The number of benzene rings is 2. The van der Waals surface area contributed by atoms with Gasteiger partial charge in [0.05, 0.1) is 4.92 Å². The van der Waals surface area contributed by atoms with E-state index >= 15 is 0 Å². The molecular weight excluding hydrogens is 294 g/mol. The molecule has 0 aromatic heterocycles. The van der Waals surface area contributed by atoms with E-state index < -0.39 is 22.5 Å². The summed E-state index contributed by atoms with van der Waals surface area (Å²) >= 11 is 0. The summed E-state index contributed by atoms with van der Waals surface area (Å²) < 4.78 is 25.7. The van der Waals surface area contributed by atoms with Crippen molar-refractivity contribution in [3.63, 3.8) is 0 Å². The number of nitrogens with one attached hydrogen (secondary N) is 1. The first-order chi connectivity index (χ1) is 10.5. The monoisotopic (exact) mass is 304 g/mol. The third kappa shape index (κ3) is 3.95. The minimum Gasteiger partial charge on any atom is -0.322 e. The largest absolute Gasteiger partial charge is 0.322 e. The number of hydrogen-bond donors (Lipinski definition) is 1. The molecule has 0 heterocycles. The molecule has 0 aliphatic heterocycles. The van der Waals surface area contributed by atoms with Gasteiger partial charge in [0.15, 0.2) is 11.6 Å². The molecule has 1 N–H and O–H groups in total. The van der Waals surface area contributed by atoms with Crippen LogP contribution in [-0.2, 0) is 4.79 Å². The summed E-state index contributed by atoms with van der Waals surface area (Å²) in [6.07, 6.45) is 2.52. The number of carbonyl (C=O) groups excluding carboxylic acids is 1. The van der Waals surface area contributed by atoms with Crippen LogP contribution in [0.15, 0.2) is 48.5 Å². The van der Waals surface area contributed by atoms with Crippen molar-refractivity contribution in [1.29, 1.82) is 0 Å². The predicted molar refractivity (Wildman–Crippen MR) is 77.1 cm³/mol. The van der Waals surface area contributed by atoms with Crippen molar-refractivity contribution in [2.75, 3.05) is 5.32 Å². The smallest absolute Gasteiger partial charge is 0.270 e. The van der Waals surface area contributed by atoms with Crippen LogP contribution in [0.25, 0.3) is 6.08 Å². The second kappa shape index (κ2) is 6.57. The molecule has 2 rings (SSSR count). The Hall–Kier alpha value is -3.09. The molecule has 0 aliphatic carbocycles. The van der Waals surface area contributed by atoms with Gasteiger partial charge in [0.2, 0.25) is 5.91 Å². The summed E-state index contributed by atoms with van der Waals surface area (Å²) in [4.78, 5) is 21.7. The van der Waals surface area contributed by atoms with Gasteiger partial charge in [-0.25, -0.2) is 8.78 Å². The number of carbonyl (C=O) groups is 1. The van der Waals surface area contributed by atoms with Gasteiger partial charge in [0.1, 0.15) is 0 Å². The minimum absolute atomic E-state index is 0.0943. The fraction of sp³-hybridized carbons (Fsp3) is 0. The van der Waals surface area contributed by atoms with Crippen LogP contribution in [0, 0.1) is 21.7 Å². The van der Waals surface area contributed by atoms with Gasteiger partial charge in [0, 0.05) is 30.0 Å². The maximum Gasteiger partial charge on any atom is 0.270 e. The molecule has 0 unspecified atom stereocenters. The quantitative estimate of drug-likeness (QED) is 0.533. The van der Waals surface area contributed by atoms with E-state index in [9.17, 15) is 23.7 Å². The van der Waals surface area contributed by atoms with Crippen molar-refractivity contribution in [2.24, 2.45) is 0 Å². The Balaban J connectivity index is 2.06. The summed E-state index contributed by atoms with van der Waals surface area (Å²) in [7, 11) is 0. The summed E-state index contributed by atoms with van der Waals surface area (Å²) in [6, 6.07) is 8.70. The maximum atomic E-state index is 13.0. The molecule has 1 amide bonds. The van der Waals surface area contributed by atoms with Crippen LogP contribution in [0.4, 0.5) is 20.2 Å². The van der Waals surface area contributed by atoms with Crippen LogP contribution < -0.4 is 5.32 Å². The first-order valence-electron chi connectivity index (χ1n) is 6.14. The van der Waals surface area contributed by atoms with Gasteiger partial charge < -0.3 is 5.32 Å². The van der Waals surface area contributed by atoms with Crippen LogP contribution in [0.1, 0.15) is 5.56 Å². The molecule has 0 saturated heterocycles. The molecule has 2 aromatic rings. The first kappa shape index (κ1) is 15.3. The van der Waals surface area contributed by atoms with Gasteiger partial charge in [-0.05, 0) is 23.8 Å². The Morgan fingerprint density at radius 1 is 1.14 bits per heavy atom. The number of nitrogens with zero attached hydrogens (tertiary/aromatic N) is 1. The van der Waals surface area contributed by atoms with Gasteiger partial charge in [0.25, 0.3) is 5.69 Å². The van der Waals surface area contributed by atoms with Crippen molar-refractivity contribution >= 4 is 23.4 Å². The van der Waals surface area contributed by atoms with E-state index in [4.69, 9.17) is 0 Å². The molecule has 2 aromatic carbocycles. The molecule has 0 saturated carbocycles. The number of nitro groups is 1. The summed E-state index contributed by atoms with van der Waals surface area (Å²) in [6.45, 7) is 0. The van der Waals surface area contributed by atoms with E-state index in [1.165, 1.54) is 30.3 Å². The highest BCUT2D eigenvalue weighted by Gasteiger charge is 2.06. The Bertz CT molecular complexity index is 760. The highest BCUT2D eigenvalue weighted by Crippen LogP contribution is 2.15. The van der Waals surface area contributed by atoms with Crippen LogP contribution in [0.5, 0.6) is 0 Å². The highest BCUT2D eigenvalue weighted by molar-refractivity contribution is 6.01. The molecular formula is C15H10F2N2O3. The highest BCUT2D eigenvalue weighted by atomic mass is 19.2. The topological polar surface area (TPSA) is 72.2 Å². The second-order valence-corrected chi connectivity index (χ2v) is 4.30. The zero-order valence-electron chi connectivity index (χ0n) is 11.1. The zero-order chi connectivity index (χ0) is 16.1. The lowest BCUT2D eigenvalue weighted by Gasteiger charge is -2.02. The van der Waals surface area contributed by atoms with Crippen LogP contribution in [0.3, 0.4) is 0 Å². The molecule has 0 aliphatic rings. The Labute approximate surface area is 124 Å². The summed E-state index contributed by atoms with van der Waals surface area (Å²) in [5, 5.41) is 13.0. The Morgan fingerprint density at radius 3 is 2.59 bits per heavy atom. The number of amides is 1. The third-order valence-electron chi connectivity index (χ3n) is 2.70. The van der Waals surface area contributed by atoms with Crippen LogP contribution >= 0.6 is 0 Å². The van der Waals surface area contributed by atoms with E-state index in [1.54, 1.807) is 6.07 Å². The normalized spacial score (nSPS) is 10.6. The van der Waals surface area contributed by atoms with Crippen molar-refractivity contribution < 1.29 is 18.5 Å². The predicted octanol–water partition coefficient (Wildman–Crippen LogP) is 3.52. The van der Waals surface area contributed by atoms with Gasteiger partial charge in [-0.2, -0.15) is 0 Å². The lowest BCUT2D eigenvalue weighted by atomic mass is 10.2. The SMILES string of the molecule is O=C(C=Cc1cccc([N+](=O)[O-])c1)Nc1ccc(F)c(F)c1. The van der Waals surface area contributed by atoms with E-state index in [-0.39, 0.29) is 11.4 Å². The fourth-order valence-electron chi connectivity index (χ4n) is 1.67.